The average molecular weight is 437 g/mol. The van der Waals surface area contributed by atoms with E-state index in [1.54, 1.807) is 0 Å². The number of benzene rings is 1. The molecule has 0 bridgehead atoms. The first-order valence-corrected chi connectivity index (χ1v) is 10.8. The lowest BCUT2D eigenvalue weighted by molar-refractivity contribution is 0.505. The highest BCUT2D eigenvalue weighted by Gasteiger charge is 2.30. The van der Waals surface area contributed by atoms with Gasteiger partial charge in [0, 0.05) is 10.5 Å². The smallest absolute Gasteiger partial charge is 0.229 e. The van der Waals surface area contributed by atoms with Gasteiger partial charge in [-0.3, -0.25) is 0 Å². The topological polar surface area (TPSA) is 80.3 Å². The summed E-state index contributed by atoms with van der Waals surface area (Å²) in [4.78, 5) is -0.192. The molecule has 10 heteroatoms. The fourth-order valence-electron chi connectivity index (χ4n) is 2.07. The molecular formula is C11H12BrCl2NO4S2. The fourth-order valence-corrected chi connectivity index (χ4v) is 6.80. The van der Waals surface area contributed by atoms with Crippen molar-refractivity contribution < 1.29 is 16.8 Å². The summed E-state index contributed by atoms with van der Waals surface area (Å²) >= 11 is 15.1. The fraction of sp³-hybridized carbons (Fsp3) is 0.455. The molecule has 21 heavy (non-hydrogen) atoms. The van der Waals surface area contributed by atoms with Gasteiger partial charge in [0.2, 0.25) is 10.0 Å². The lowest BCUT2D eigenvalue weighted by Gasteiger charge is -2.23. The molecule has 0 unspecified atom stereocenters. The van der Waals surface area contributed by atoms with Crippen molar-refractivity contribution in [1.82, 2.24) is 4.72 Å². The van der Waals surface area contributed by atoms with Gasteiger partial charge in [-0.2, -0.15) is 0 Å². The van der Waals surface area contributed by atoms with E-state index in [2.05, 4.69) is 20.7 Å². The normalized spacial score (nSPS) is 19.6. The third-order valence-electron chi connectivity index (χ3n) is 3.11. The maximum absolute atomic E-state index is 12.4. The molecule has 1 aliphatic rings. The molecule has 1 fully saturated rings. The minimum atomic E-state index is -3.90. The number of rotatable bonds is 3. The van der Waals surface area contributed by atoms with E-state index in [0.29, 0.717) is 4.47 Å². The van der Waals surface area contributed by atoms with Crippen LogP contribution in [0.3, 0.4) is 0 Å². The molecule has 1 aliphatic heterocycles. The standard InChI is InChI=1S/C11H12BrCl2NO4S2/c12-7-5-9(13)11(10(14)6-7)21(18,19)15-8-1-3-20(16,17)4-2-8/h5-6,8,15H,1-4H2. The first-order valence-electron chi connectivity index (χ1n) is 5.98. The molecule has 0 saturated carbocycles. The summed E-state index contributed by atoms with van der Waals surface area (Å²) < 4.78 is 50.5. The van der Waals surface area contributed by atoms with Crippen LogP contribution in [-0.2, 0) is 19.9 Å². The number of nitrogens with one attached hydrogen (secondary N) is 1. The SMILES string of the molecule is O=S1(=O)CCC(NS(=O)(=O)c2c(Cl)cc(Br)cc2Cl)CC1. The lowest BCUT2D eigenvalue weighted by atomic mass is 10.2. The van der Waals surface area contributed by atoms with E-state index in [-0.39, 0.29) is 39.3 Å². The molecule has 0 amide bonds. The van der Waals surface area contributed by atoms with Crippen molar-refractivity contribution in [3.63, 3.8) is 0 Å². The molecule has 118 valence electrons. The molecule has 0 aliphatic carbocycles. The number of halogens is 3. The van der Waals surface area contributed by atoms with Crippen molar-refractivity contribution in [2.75, 3.05) is 11.5 Å². The summed E-state index contributed by atoms with van der Waals surface area (Å²) in [5.41, 5.74) is 0. The molecule has 1 aromatic rings. The molecule has 0 radical (unpaired) electrons. The van der Waals surface area contributed by atoms with Crippen LogP contribution in [0, 0.1) is 0 Å². The predicted octanol–water partition coefficient (Wildman–Crippen LogP) is 2.61. The van der Waals surface area contributed by atoms with E-state index in [0.717, 1.165) is 0 Å². The molecule has 5 nitrogen and oxygen atoms in total. The van der Waals surface area contributed by atoms with Crippen LogP contribution in [0.4, 0.5) is 0 Å². The Labute approximate surface area is 142 Å². The van der Waals surface area contributed by atoms with Crippen molar-refractivity contribution in [1.29, 1.82) is 0 Å². The van der Waals surface area contributed by atoms with Crippen LogP contribution < -0.4 is 4.72 Å². The summed E-state index contributed by atoms with van der Waals surface area (Å²) in [6.45, 7) is 0. The maximum Gasteiger partial charge on any atom is 0.243 e. The highest BCUT2D eigenvalue weighted by Crippen LogP contribution is 2.33. The van der Waals surface area contributed by atoms with E-state index in [9.17, 15) is 16.8 Å². The molecule has 1 N–H and O–H groups in total. The lowest BCUT2D eigenvalue weighted by Crippen LogP contribution is -2.40. The van der Waals surface area contributed by atoms with Crippen LogP contribution in [-0.4, -0.2) is 34.4 Å². The second-order valence-electron chi connectivity index (χ2n) is 4.75. The highest BCUT2D eigenvalue weighted by atomic mass is 79.9. The van der Waals surface area contributed by atoms with Crippen LogP contribution in [0.5, 0.6) is 0 Å². The predicted molar refractivity (Wildman–Crippen MR) is 86.2 cm³/mol. The summed E-state index contributed by atoms with van der Waals surface area (Å²) in [5.74, 6) is -0.0516. The summed E-state index contributed by atoms with van der Waals surface area (Å²) in [7, 11) is -6.96. The minimum absolute atomic E-state index is 0.00491. The first kappa shape index (κ1) is 17.5. The van der Waals surface area contributed by atoms with E-state index in [1.807, 2.05) is 0 Å². The van der Waals surface area contributed by atoms with Gasteiger partial charge < -0.3 is 0 Å². The zero-order valence-electron chi connectivity index (χ0n) is 10.6. The van der Waals surface area contributed by atoms with Gasteiger partial charge in [0.25, 0.3) is 0 Å². The van der Waals surface area contributed by atoms with E-state index >= 15 is 0 Å². The molecule has 0 aromatic heterocycles. The zero-order chi connectivity index (χ0) is 15.8. The van der Waals surface area contributed by atoms with Gasteiger partial charge in [-0.1, -0.05) is 39.1 Å². The quantitative estimate of drug-likeness (QED) is 0.789. The van der Waals surface area contributed by atoms with Crippen LogP contribution in [0.15, 0.2) is 21.5 Å². The first-order chi connectivity index (χ1) is 9.61. The van der Waals surface area contributed by atoms with Gasteiger partial charge in [0.15, 0.2) is 0 Å². The zero-order valence-corrected chi connectivity index (χ0v) is 15.4. The van der Waals surface area contributed by atoms with E-state index in [4.69, 9.17) is 23.2 Å². The molecule has 1 saturated heterocycles. The maximum atomic E-state index is 12.4. The Kier molecular flexibility index (Phi) is 5.27. The number of hydrogen-bond donors (Lipinski definition) is 1. The Morgan fingerprint density at radius 1 is 1.14 bits per heavy atom. The van der Waals surface area contributed by atoms with Gasteiger partial charge in [-0.25, -0.2) is 21.6 Å². The highest BCUT2D eigenvalue weighted by molar-refractivity contribution is 9.10. The van der Waals surface area contributed by atoms with Crippen LogP contribution >= 0.6 is 39.1 Å². The Bertz CT molecular complexity index is 727. The molecular weight excluding hydrogens is 425 g/mol. The number of sulfonamides is 1. The molecule has 0 atom stereocenters. The average Bonchev–Trinajstić information content (AvgIpc) is 2.30. The van der Waals surface area contributed by atoms with Crippen LogP contribution in [0.25, 0.3) is 0 Å². The second-order valence-corrected chi connectivity index (χ2v) is 10.4. The van der Waals surface area contributed by atoms with Crippen molar-refractivity contribution in [3.05, 3.63) is 26.7 Å². The third-order valence-corrected chi connectivity index (χ3v) is 7.72. The van der Waals surface area contributed by atoms with Crippen molar-refractivity contribution in [2.24, 2.45) is 0 Å². The third kappa shape index (κ3) is 4.33. The number of sulfone groups is 1. The van der Waals surface area contributed by atoms with E-state index < -0.39 is 25.9 Å². The molecule has 1 heterocycles. The molecule has 1 aromatic carbocycles. The van der Waals surface area contributed by atoms with Gasteiger partial charge >= 0.3 is 0 Å². The Balaban J connectivity index is 2.24. The monoisotopic (exact) mass is 435 g/mol. The Morgan fingerprint density at radius 2 is 1.62 bits per heavy atom. The summed E-state index contributed by atoms with van der Waals surface area (Å²) in [5, 5.41) is 0.00983. The van der Waals surface area contributed by atoms with Crippen molar-refractivity contribution in [2.45, 2.75) is 23.8 Å². The Morgan fingerprint density at radius 3 is 2.10 bits per heavy atom. The second kappa shape index (κ2) is 6.33. The Hall–Kier alpha value is 0.140. The molecule has 0 spiro atoms. The van der Waals surface area contributed by atoms with Crippen LogP contribution in [0.2, 0.25) is 10.0 Å². The minimum Gasteiger partial charge on any atom is -0.229 e. The number of hydrogen-bond acceptors (Lipinski definition) is 4. The van der Waals surface area contributed by atoms with Gasteiger partial charge in [0.05, 0.1) is 21.6 Å². The van der Waals surface area contributed by atoms with Crippen molar-refractivity contribution in [3.8, 4) is 0 Å². The summed E-state index contributed by atoms with van der Waals surface area (Å²) in [6.07, 6.45) is 0.487. The molecule has 2 rings (SSSR count). The largest absolute Gasteiger partial charge is 0.243 e. The van der Waals surface area contributed by atoms with Gasteiger partial charge in [-0.15, -0.1) is 0 Å². The van der Waals surface area contributed by atoms with Gasteiger partial charge in [0.1, 0.15) is 14.7 Å². The summed E-state index contributed by atoms with van der Waals surface area (Å²) in [6, 6.07) is 2.44. The van der Waals surface area contributed by atoms with Gasteiger partial charge in [-0.05, 0) is 25.0 Å². The van der Waals surface area contributed by atoms with Crippen LogP contribution in [0.1, 0.15) is 12.8 Å². The van der Waals surface area contributed by atoms with Crippen molar-refractivity contribution >= 4 is 59.0 Å². The van der Waals surface area contributed by atoms with E-state index in [1.165, 1.54) is 12.1 Å².